The first-order valence-electron chi connectivity index (χ1n) is 5.53. The summed E-state index contributed by atoms with van der Waals surface area (Å²) in [4.78, 5) is 4.04. The summed E-state index contributed by atoms with van der Waals surface area (Å²) in [6.45, 7) is 0. The van der Waals surface area contributed by atoms with E-state index in [1.165, 1.54) is 19.3 Å². The highest BCUT2D eigenvalue weighted by Crippen LogP contribution is 2.26. The predicted molar refractivity (Wildman–Crippen MR) is 55.0 cm³/mol. The number of hydrogen-bond acceptors (Lipinski definition) is 2. The number of aliphatic hydroxyl groups is 1. The molecule has 1 aromatic rings. The molecular weight excluding hydrogens is 176 g/mol. The van der Waals surface area contributed by atoms with Gasteiger partial charge in [-0.2, -0.15) is 0 Å². The first kappa shape index (κ1) is 9.71. The van der Waals surface area contributed by atoms with Crippen LogP contribution >= 0.6 is 0 Å². The summed E-state index contributed by atoms with van der Waals surface area (Å²) in [7, 11) is 0. The van der Waals surface area contributed by atoms with Crippen LogP contribution in [0.3, 0.4) is 0 Å². The van der Waals surface area contributed by atoms with Gasteiger partial charge in [-0.15, -0.1) is 0 Å². The molecule has 1 aromatic heterocycles. The zero-order valence-electron chi connectivity index (χ0n) is 8.47. The number of hydrogen-bond donors (Lipinski definition) is 1. The van der Waals surface area contributed by atoms with Crippen LogP contribution in [-0.2, 0) is 0 Å². The monoisotopic (exact) mass is 194 g/mol. The second-order valence-corrected chi connectivity index (χ2v) is 4.14. The lowest BCUT2D eigenvalue weighted by atomic mass is 9.94. The van der Waals surface area contributed by atoms with Crippen LogP contribution in [0, 0.1) is 0 Å². The molecule has 1 aliphatic carbocycles. The molecular formula is C11H18N2O. The fourth-order valence-corrected chi connectivity index (χ4v) is 2.26. The SMILES string of the molecule is OC1CCCCCCC1n1ccnc1. The summed E-state index contributed by atoms with van der Waals surface area (Å²) in [6, 6.07) is 0.248. The number of aliphatic hydroxyl groups excluding tert-OH is 1. The van der Waals surface area contributed by atoms with Crippen molar-refractivity contribution in [1.82, 2.24) is 9.55 Å². The topological polar surface area (TPSA) is 38.0 Å². The van der Waals surface area contributed by atoms with Crippen LogP contribution in [-0.4, -0.2) is 20.8 Å². The molecule has 1 N–H and O–H groups in total. The van der Waals surface area contributed by atoms with Gasteiger partial charge >= 0.3 is 0 Å². The highest BCUT2D eigenvalue weighted by molar-refractivity contribution is 4.85. The van der Waals surface area contributed by atoms with Gasteiger partial charge in [-0.3, -0.25) is 0 Å². The van der Waals surface area contributed by atoms with Crippen molar-refractivity contribution in [2.24, 2.45) is 0 Å². The molecule has 2 unspecified atom stereocenters. The molecule has 0 radical (unpaired) electrons. The van der Waals surface area contributed by atoms with E-state index in [9.17, 15) is 5.11 Å². The lowest BCUT2D eigenvalue weighted by Crippen LogP contribution is -2.24. The van der Waals surface area contributed by atoms with Gasteiger partial charge in [0.1, 0.15) is 0 Å². The molecule has 1 fully saturated rings. The van der Waals surface area contributed by atoms with Crippen molar-refractivity contribution in [3.05, 3.63) is 18.7 Å². The minimum absolute atomic E-state index is 0.190. The zero-order valence-corrected chi connectivity index (χ0v) is 8.47. The Bertz CT molecular complexity index is 258. The second-order valence-electron chi connectivity index (χ2n) is 4.14. The van der Waals surface area contributed by atoms with E-state index >= 15 is 0 Å². The molecule has 78 valence electrons. The Hall–Kier alpha value is -0.830. The predicted octanol–water partition coefficient (Wildman–Crippen LogP) is 2.14. The molecule has 2 rings (SSSR count). The van der Waals surface area contributed by atoms with Crippen molar-refractivity contribution in [1.29, 1.82) is 0 Å². The quantitative estimate of drug-likeness (QED) is 0.743. The van der Waals surface area contributed by atoms with Crippen molar-refractivity contribution in [3.63, 3.8) is 0 Å². The molecule has 0 aromatic carbocycles. The van der Waals surface area contributed by atoms with Gasteiger partial charge in [-0.1, -0.05) is 25.7 Å². The minimum Gasteiger partial charge on any atom is -0.391 e. The number of nitrogens with zero attached hydrogens (tertiary/aromatic N) is 2. The number of rotatable bonds is 1. The maximum Gasteiger partial charge on any atom is 0.0949 e. The molecule has 3 nitrogen and oxygen atoms in total. The Balaban J connectivity index is 2.06. The largest absolute Gasteiger partial charge is 0.391 e. The van der Waals surface area contributed by atoms with Crippen LogP contribution in [0.5, 0.6) is 0 Å². The van der Waals surface area contributed by atoms with Gasteiger partial charge in [0.2, 0.25) is 0 Å². The fraction of sp³-hybridized carbons (Fsp3) is 0.727. The van der Waals surface area contributed by atoms with Crippen molar-refractivity contribution in [2.75, 3.05) is 0 Å². The Morgan fingerprint density at radius 1 is 1.14 bits per heavy atom. The van der Waals surface area contributed by atoms with Crippen LogP contribution in [0.1, 0.15) is 44.6 Å². The van der Waals surface area contributed by atoms with Crippen LogP contribution in [0.2, 0.25) is 0 Å². The Labute approximate surface area is 84.8 Å². The first-order chi connectivity index (χ1) is 6.88. The summed E-state index contributed by atoms with van der Waals surface area (Å²) in [5.41, 5.74) is 0. The van der Waals surface area contributed by atoms with Gasteiger partial charge in [0.15, 0.2) is 0 Å². The third kappa shape index (κ3) is 2.15. The van der Waals surface area contributed by atoms with E-state index in [1.807, 2.05) is 12.5 Å². The second kappa shape index (κ2) is 4.60. The Morgan fingerprint density at radius 3 is 2.64 bits per heavy atom. The van der Waals surface area contributed by atoms with Gasteiger partial charge in [-0.25, -0.2) is 4.98 Å². The summed E-state index contributed by atoms with van der Waals surface area (Å²) < 4.78 is 2.05. The van der Waals surface area contributed by atoms with Crippen molar-refractivity contribution in [3.8, 4) is 0 Å². The molecule has 1 saturated carbocycles. The molecule has 3 heteroatoms. The molecule has 0 aliphatic heterocycles. The standard InChI is InChI=1S/C11H18N2O/c14-11-6-4-2-1-3-5-10(11)13-8-7-12-9-13/h7-11,14H,1-6H2. The third-order valence-electron chi connectivity index (χ3n) is 3.10. The van der Waals surface area contributed by atoms with Gasteiger partial charge in [0.25, 0.3) is 0 Å². The van der Waals surface area contributed by atoms with E-state index in [-0.39, 0.29) is 12.1 Å². The Kier molecular flexibility index (Phi) is 3.19. The molecule has 1 heterocycles. The van der Waals surface area contributed by atoms with E-state index in [1.54, 1.807) is 6.20 Å². The molecule has 1 aliphatic rings. The van der Waals surface area contributed by atoms with E-state index in [4.69, 9.17) is 0 Å². The van der Waals surface area contributed by atoms with Gasteiger partial charge in [0.05, 0.1) is 18.5 Å². The number of imidazole rings is 1. The first-order valence-corrected chi connectivity index (χ1v) is 5.53. The summed E-state index contributed by atoms with van der Waals surface area (Å²) in [5.74, 6) is 0. The number of aromatic nitrogens is 2. The average molecular weight is 194 g/mol. The molecule has 0 saturated heterocycles. The lowest BCUT2D eigenvalue weighted by molar-refractivity contribution is 0.0886. The van der Waals surface area contributed by atoms with Crippen molar-refractivity contribution >= 4 is 0 Å². The van der Waals surface area contributed by atoms with Crippen LogP contribution in [0.4, 0.5) is 0 Å². The van der Waals surface area contributed by atoms with E-state index < -0.39 is 0 Å². The fourth-order valence-electron chi connectivity index (χ4n) is 2.26. The van der Waals surface area contributed by atoms with Crippen LogP contribution in [0.15, 0.2) is 18.7 Å². The van der Waals surface area contributed by atoms with Crippen molar-refractivity contribution < 1.29 is 5.11 Å². The normalized spacial score (nSPS) is 29.5. The Morgan fingerprint density at radius 2 is 1.93 bits per heavy atom. The molecule has 2 atom stereocenters. The maximum atomic E-state index is 10.00. The van der Waals surface area contributed by atoms with E-state index in [0.29, 0.717) is 0 Å². The van der Waals surface area contributed by atoms with Gasteiger partial charge in [0, 0.05) is 12.4 Å². The average Bonchev–Trinajstić information content (AvgIpc) is 2.65. The van der Waals surface area contributed by atoms with Crippen LogP contribution < -0.4 is 0 Å². The molecule has 14 heavy (non-hydrogen) atoms. The molecule has 0 spiro atoms. The lowest BCUT2D eigenvalue weighted by Gasteiger charge is -2.26. The van der Waals surface area contributed by atoms with E-state index in [0.717, 1.165) is 19.3 Å². The third-order valence-corrected chi connectivity index (χ3v) is 3.10. The van der Waals surface area contributed by atoms with Crippen molar-refractivity contribution in [2.45, 2.75) is 50.7 Å². The smallest absolute Gasteiger partial charge is 0.0949 e. The maximum absolute atomic E-state index is 10.00. The highest BCUT2D eigenvalue weighted by Gasteiger charge is 2.21. The summed E-state index contributed by atoms with van der Waals surface area (Å²) in [6.07, 6.45) is 12.3. The summed E-state index contributed by atoms with van der Waals surface area (Å²) in [5, 5.41) is 10.00. The van der Waals surface area contributed by atoms with Gasteiger partial charge < -0.3 is 9.67 Å². The molecule has 0 bridgehead atoms. The highest BCUT2D eigenvalue weighted by atomic mass is 16.3. The zero-order chi connectivity index (χ0) is 9.80. The van der Waals surface area contributed by atoms with Gasteiger partial charge in [-0.05, 0) is 12.8 Å². The minimum atomic E-state index is -0.190. The van der Waals surface area contributed by atoms with Crippen LogP contribution in [0.25, 0.3) is 0 Å². The summed E-state index contributed by atoms with van der Waals surface area (Å²) >= 11 is 0. The molecule has 0 amide bonds. The van der Waals surface area contributed by atoms with E-state index in [2.05, 4.69) is 9.55 Å².